The zero-order valence-electron chi connectivity index (χ0n) is 5.63. The fourth-order valence-electron chi connectivity index (χ4n) is 1.08. The van der Waals surface area contributed by atoms with E-state index in [0.717, 1.165) is 0 Å². The largest absolute Gasteiger partial charge is 0.504 e. The Hall–Kier alpha value is -0.830. The highest BCUT2D eigenvalue weighted by Gasteiger charge is 2.20. The van der Waals surface area contributed by atoms with Gasteiger partial charge in [-0.1, -0.05) is 0 Å². The van der Waals surface area contributed by atoms with Crippen LogP contribution in [0.3, 0.4) is 0 Å². The molecule has 0 radical (unpaired) electrons. The van der Waals surface area contributed by atoms with Crippen molar-refractivity contribution in [2.45, 2.75) is 19.3 Å². The third-order valence-corrected chi connectivity index (χ3v) is 1.67. The Bertz CT molecular complexity index is 181. The van der Waals surface area contributed by atoms with E-state index in [1.54, 1.807) is 0 Å². The van der Waals surface area contributed by atoms with Crippen molar-refractivity contribution in [1.82, 2.24) is 0 Å². The van der Waals surface area contributed by atoms with E-state index in [2.05, 4.69) is 0 Å². The molecule has 0 atom stereocenters. The molecule has 0 aliphatic heterocycles. The lowest BCUT2D eigenvalue weighted by Gasteiger charge is -1.95. The van der Waals surface area contributed by atoms with E-state index < -0.39 is 0 Å². The monoisotopic (exact) mass is 142 g/mol. The number of Topliss-reactive ketones (excluding diaryl/α,β-unsaturated/α-hetero) is 1. The quantitative estimate of drug-likeness (QED) is 0.591. The van der Waals surface area contributed by atoms with Crippen LogP contribution in [0.1, 0.15) is 19.3 Å². The minimum Gasteiger partial charge on any atom is -0.504 e. The lowest BCUT2D eigenvalue weighted by molar-refractivity contribution is -0.117. The first kappa shape index (κ1) is 7.28. The van der Waals surface area contributed by atoms with Crippen molar-refractivity contribution in [3.05, 3.63) is 11.3 Å². The van der Waals surface area contributed by atoms with Crippen LogP contribution in [0.4, 0.5) is 0 Å². The number of allylic oxidation sites excluding steroid dienone is 1. The summed E-state index contributed by atoms with van der Waals surface area (Å²) in [5.74, 6) is -0.308. The van der Waals surface area contributed by atoms with Crippen molar-refractivity contribution in [3.8, 4) is 0 Å². The summed E-state index contributed by atoms with van der Waals surface area (Å²) >= 11 is 0. The second kappa shape index (κ2) is 2.84. The predicted octanol–water partition coefficient (Wildman–Crippen LogP) is 0.544. The van der Waals surface area contributed by atoms with E-state index in [1.165, 1.54) is 0 Å². The molecule has 0 saturated heterocycles. The van der Waals surface area contributed by atoms with Gasteiger partial charge in [-0.3, -0.25) is 4.79 Å². The van der Waals surface area contributed by atoms with E-state index >= 15 is 0 Å². The molecule has 0 spiro atoms. The zero-order chi connectivity index (χ0) is 7.56. The molecule has 1 rings (SSSR count). The maximum Gasteiger partial charge on any atom is 0.197 e. The normalized spacial score (nSPS) is 18.7. The Kier molecular flexibility index (Phi) is 2.06. The van der Waals surface area contributed by atoms with Crippen LogP contribution in [0.5, 0.6) is 0 Å². The number of hydrogen-bond acceptors (Lipinski definition) is 3. The van der Waals surface area contributed by atoms with Crippen LogP contribution in [0.2, 0.25) is 0 Å². The Balaban J connectivity index is 2.65. The molecule has 0 unspecified atom stereocenters. The van der Waals surface area contributed by atoms with Crippen molar-refractivity contribution in [2.24, 2.45) is 0 Å². The van der Waals surface area contributed by atoms with E-state index in [1.807, 2.05) is 0 Å². The standard InChI is InChI=1S/C7H10O3/c8-4-3-5-1-2-6(9)7(5)10/h8,10H,1-4H2. The van der Waals surface area contributed by atoms with Crippen LogP contribution in [-0.2, 0) is 4.79 Å². The summed E-state index contributed by atoms with van der Waals surface area (Å²) in [5, 5.41) is 17.5. The van der Waals surface area contributed by atoms with E-state index in [-0.39, 0.29) is 18.1 Å². The van der Waals surface area contributed by atoms with E-state index in [4.69, 9.17) is 10.2 Å². The summed E-state index contributed by atoms with van der Waals surface area (Å²) in [6.45, 7) is 0.00662. The maximum absolute atomic E-state index is 10.7. The van der Waals surface area contributed by atoms with E-state index in [9.17, 15) is 4.79 Å². The minimum atomic E-state index is -0.191. The molecule has 1 aliphatic rings. The molecule has 10 heavy (non-hydrogen) atoms. The number of rotatable bonds is 2. The van der Waals surface area contributed by atoms with Gasteiger partial charge in [0.05, 0.1) is 0 Å². The van der Waals surface area contributed by atoms with Crippen LogP contribution in [0.15, 0.2) is 11.3 Å². The molecule has 1 aliphatic carbocycles. The van der Waals surface area contributed by atoms with Crippen molar-refractivity contribution in [1.29, 1.82) is 0 Å². The molecule has 0 bridgehead atoms. The summed E-state index contributed by atoms with van der Waals surface area (Å²) < 4.78 is 0. The predicted molar refractivity (Wildman–Crippen MR) is 35.6 cm³/mol. The molecular formula is C7H10O3. The summed E-state index contributed by atoms with van der Waals surface area (Å²) in [5.41, 5.74) is 0.701. The minimum absolute atomic E-state index is 0.00662. The Labute approximate surface area is 59.0 Å². The van der Waals surface area contributed by atoms with Crippen molar-refractivity contribution < 1.29 is 15.0 Å². The van der Waals surface area contributed by atoms with Crippen molar-refractivity contribution in [3.63, 3.8) is 0 Å². The molecule has 0 aromatic heterocycles. The highest BCUT2D eigenvalue weighted by atomic mass is 16.3. The summed E-state index contributed by atoms with van der Waals surface area (Å²) in [7, 11) is 0. The number of carbonyl (C=O) groups is 1. The highest BCUT2D eigenvalue weighted by molar-refractivity contribution is 5.96. The van der Waals surface area contributed by atoms with Gasteiger partial charge in [-0.2, -0.15) is 0 Å². The molecule has 0 saturated carbocycles. The number of ketones is 1. The molecule has 0 aromatic carbocycles. The fraction of sp³-hybridized carbons (Fsp3) is 0.571. The molecule has 2 N–H and O–H groups in total. The van der Waals surface area contributed by atoms with Crippen molar-refractivity contribution >= 4 is 5.78 Å². The van der Waals surface area contributed by atoms with Gasteiger partial charge in [-0.05, 0) is 18.4 Å². The summed E-state index contributed by atoms with van der Waals surface area (Å²) in [4.78, 5) is 10.7. The lowest BCUT2D eigenvalue weighted by atomic mass is 10.2. The van der Waals surface area contributed by atoms with Crippen LogP contribution in [-0.4, -0.2) is 22.6 Å². The van der Waals surface area contributed by atoms with Gasteiger partial charge >= 0.3 is 0 Å². The van der Waals surface area contributed by atoms with E-state index in [0.29, 0.717) is 24.8 Å². The number of aliphatic hydroxyl groups excluding tert-OH is 2. The van der Waals surface area contributed by atoms with Crippen LogP contribution >= 0.6 is 0 Å². The average Bonchev–Trinajstić information content (AvgIpc) is 2.20. The number of aliphatic hydroxyl groups is 2. The van der Waals surface area contributed by atoms with Gasteiger partial charge in [-0.25, -0.2) is 0 Å². The molecule has 3 nitrogen and oxygen atoms in total. The van der Waals surface area contributed by atoms with Crippen molar-refractivity contribution in [2.75, 3.05) is 6.61 Å². The molecule has 56 valence electrons. The molecule has 0 heterocycles. The average molecular weight is 142 g/mol. The topological polar surface area (TPSA) is 57.5 Å². The first-order valence-electron chi connectivity index (χ1n) is 3.30. The highest BCUT2D eigenvalue weighted by Crippen LogP contribution is 2.22. The van der Waals surface area contributed by atoms with Gasteiger partial charge in [0.25, 0.3) is 0 Å². The van der Waals surface area contributed by atoms with Gasteiger partial charge in [0.2, 0.25) is 0 Å². The molecule has 3 heteroatoms. The molecule has 0 fully saturated rings. The van der Waals surface area contributed by atoms with Gasteiger partial charge in [0.1, 0.15) is 0 Å². The van der Waals surface area contributed by atoms with Gasteiger partial charge in [-0.15, -0.1) is 0 Å². The fourth-order valence-corrected chi connectivity index (χ4v) is 1.08. The van der Waals surface area contributed by atoms with Crippen LogP contribution in [0.25, 0.3) is 0 Å². The smallest absolute Gasteiger partial charge is 0.197 e. The molecule has 0 aromatic rings. The third kappa shape index (κ3) is 1.19. The Morgan fingerprint density at radius 3 is 2.50 bits per heavy atom. The van der Waals surface area contributed by atoms with Crippen LogP contribution < -0.4 is 0 Å². The number of carbonyl (C=O) groups excluding carboxylic acids is 1. The van der Waals surface area contributed by atoms with Gasteiger partial charge in [0, 0.05) is 13.0 Å². The summed E-state index contributed by atoms with van der Waals surface area (Å²) in [6, 6.07) is 0. The Morgan fingerprint density at radius 2 is 2.10 bits per heavy atom. The first-order chi connectivity index (χ1) is 4.75. The molecule has 0 amide bonds. The van der Waals surface area contributed by atoms with Gasteiger partial charge < -0.3 is 10.2 Å². The Morgan fingerprint density at radius 1 is 1.40 bits per heavy atom. The maximum atomic E-state index is 10.7. The van der Waals surface area contributed by atoms with Gasteiger partial charge in [0.15, 0.2) is 11.5 Å². The lowest BCUT2D eigenvalue weighted by Crippen LogP contribution is -1.94. The SMILES string of the molecule is O=C1CCC(CCO)=C1O. The molecular weight excluding hydrogens is 132 g/mol. The zero-order valence-corrected chi connectivity index (χ0v) is 5.63. The third-order valence-electron chi connectivity index (χ3n) is 1.67. The summed E-state index contributed by atoms with van der Waals surface area (Å²) in [6.07, 6.45) is 1.45. The first-order valence-corrected chi connectivity index (χ1v) is 3.30. The second-order valence-electron chi connectivity index (χ2n) is 2.35. The number of hydrogen-bond donors (Lipinski definition) is 2. The second-order valence-corrected chi connectivity index (χ2v) is 2.35. The van der Waals surface area contributed by atoms with Crippen LogP contribution in [0, 0.1) is 0 Å².